The molecular weight excluding hydrogens is 486 g/mol. The first kappa shape index (κ1) is 26.9. The van der Waals surface area contributed by atoms with E-state index in [1.807, 2.05) is 32.0 Å². The first-order valence-corrected chi connectivity index (χ1v) is 10.8. The van der Waals surface area contributed by atoms with Crippen molar-refractivity contribution in [1.29, 1.82) is 0 Å². The molecule has 13 heteroatoms. The fraction of sp³-hybridized carbons (Fsp3) is 0.333. The number of rotatable bonds is 9. The van der Waals surface area contributed by atoms with Gasteiger partial charge in [-0.05, 0) is 45.6 Å². The summed E-state index contributed by atoms with van der Waals surface area (Å²) in [6.45, 7) is 2.88. The molecule has 0 N–H and O–H groups in total. The highest BCUT2D eigenvalue weighted by Gasteiger charge is 2.26. The third kappa shape index (κ3) is 5.76. The Balaban J connectivity index is 0.00000408. The number of benzene rings is 2. The lowest BCUT2D eigenvalue weighted by molar-refractivity contribution is -0.394. The highest BCUT2D eigenvalue weighted by molar-refractivity contribution is 7.22. The summed E-state index contributed by atoms with van der Waals surface area (Å²) in [6, 6.07) is 6.62. The number of halogens is 1. The Morgan fingerprint density at radius 3 is 2.24 bits per heavy atom. The van der Waals surface area contributed by atoms with E-state index >= 15 is 0 Å². The lowest BCUT2D eigenvalue weighted by Gasteiger charge is -2.21. The number of non-ortho nitro benzene ring substituents is 2. The summed E-state index contributed by atoms with van der Waals surface area (Å²) < 4.78 is 6.25. The number of carbonyl (C=O) groups excluding carboxylic acids is 1. The van der Waals surface area contributed by atoms with Gasteiger partial charge in [-0.3, -0.25) is 29.9 Å². The maximum absolute atomic E-state index is 13.5. The number of carbonyl (C=O) groups is 1. The Morgan fingerprint density at radius 2 is 1.71 bits per heavy atom. The average Bonchev–Trinajstić information content (AvgIpc) is 3.22. The van der Waals surface area contributed by atoms with Crippen LogP contribution in [0.2, 0.25) is 0 Å². The van der Waals surface area contributed by atoms with Crippen molar-refractivity contribution < 1.29 is 19.4 Å². The Kier molecular flexibility index (Phi) is 8.85. The van der Waals surface area contributed by atoms with Gasteiger partial charge in [-0.1, -0.05) is 17.4 Å². The van der Waals surface area contributed by atoms with Gasteiger partial charge in [0.15, 0.2) is 5.13 Å². The van der Waals surface area contributed by atoms with Crippen LogP contribution >= 0.6 is 23.7 Å². The van der Waals surface area contributed by atoms with Crippen molar-refractivity contribution in [3.63, 3.8) is 0 Å². The predicted octanol–water partition coefficient (Wildman–Crippen LogP) is 4.45. The SMILES string of the molecule is COc1ccc(C)c2sc(N(CCCN(C)C)C(=O)c3cc([N+](=O)[O-])cc([N+](=O)[O-])c3)nc12.Cl. The molecule has 0 atom stereocenters. The van der Waals surface area contributed by atoms with Gasteiger partial charge in [0.25, 0.3) is 17.3 Å². The number of ether oxygens (including phenoxy) is 1. The fourth-order valence-corrected chi connectivity index (χ4v) is 4.37. The van der Waals surface area contributed by atoms with Gasteiger partial charge in [-0.25, -0.2) is 4.98 Å². The predicted molar refractivity (Wildman–Crippen MR) is 133 cm³/mol. The van der Waals surface area contributed by atoms with Crippen LogP contribution in [0.25, 0.3) is 10.2 Å². The molecule has 3 rings (SSSR count). The molecule has 34 heavy (non-hydrogen) atoms. The van der Waals surface area contributed by atoms with Crippen molar-refractivity contribution in [3.8, 4) is 5.75 Å². The van der Waals surface area contributed by atoms with E-state index in [2.05, 4.69) is 4.98 Å². The summed E-state index contributed by atoms with van der Waals surface area (Å²) in [5.74, 6) is -0.0407. The summed E-state index contributed by atoms with van der Waals surface area (Å²) in [5.41, 5.74) is 0.364. The lowest BCUT2D eigenvalue weighted by atomic mass is 10.1. The van der Waals surface area contributed by atoms with E-state index in [1.54, 1.807) is 6.07 Å². The van der Waals surface area contributed by atoms with Gasteiger partial charge in [-0.2, -0.15) is 0 Å². The highest BCUT2D eigenvalue weighted by atomic mass is 35.5. The molecule has 1 heterocycles. The molecule has 3 aromatic rings. The van der Waals surface area contributed by atoms with Gasteiger partial charge in [0, 0.05) is 18.7 Å². The Morgan fingerprint density at radius 1 is 1.09 bits per heavy atom. The number of nitrogens with zero attached hydrogens (tertiary/aromatic N) is 5. The third-order valence-corrected chi connectivity index (χ3v) is 6.16. The second-order valence-electron chi connectivity index (χ2n) is 7.62. The van der Waals surface area contributed by atoms with Crippen LogP contribution in [0, 0.1) is 27.2 Å². The van der Waals surface area contributed by atoms with Gasteiger partial charge in [0.05, 0.1) is 33.3 Å². The highest BCUT2D eigenvalue weighted by Crippen LogP contribution is 2.37. The maximum Gasteiger partial charge on any atom is 0.277 e. The van der Waals surface area contributed by atoms with Gasteiger partial charge >= 0.3 is 0 Å². The molecule has 1 amide bonds. The minimum Gasteiger partial charge on any atom is -0.494 e. The van der Waals surface area contributed by atoms with Crippen molar-refractivity contribution >= 4 is 56.4 Å². The Bertz CT molecular complexity index is 1200. The van der Waals surface area contributed by atoms with Crippen LogP contribution in [0.3, 0.4) is 0 Å². The molecular formula is C21H24ClN5O6S. The largest absolute Gasteiger partial charge is 0.494 e. The number of thiazole rings is 1. The van der Waals surface area contributed by atoms with Gasteiger partial charge in [0.1, 0.15) is 11.3 Å². The smallest absolute Gasteiger partial charge is 0.277 e. The first-order chi connectivity index (χ1) is 15.6. The molecule has 1 aromatic heterocycles. The second kappa shape index (κ2) is 11.2. The molecule has 2 aromatic carbocycles. The number of methoxy groups -OCH3 is 1. The standard InChI is InChI=1S/C21H23N5O6S.ClH/c1-13-6-7-17(32-4)18-19(13)33-21(22-18)24(9-5-8-23(2)3)20(27)14-10-15(25(28)29)12-16(11-14)26(30)31;/h6-7,10-12H,5,8-9H2,1-4H3;1H. The van der Waals surface area contributed by atoms with Gasteiger partial charge in [0.2, 0.25) is 0 Å². The summed E-state index contributed by atoms with van der Waals surface area (Å²) in [7, 11) is 5.34. The van der Waals surface area contributed by atoms with Crippen LogP contribution in [0.1, 0.15) is 22.3 Å². The quantitative estimate of drug-likeness (QED) is 0.305. The monoisotopic (exact) mass is 509 g/mol. The Hall–Kier alpha value is -3.35. The molecule has 0 radical (unpaired) electrons. The molecule has 11 nitrogen and oxygen atoms in total. The maximum atomic E-state index is 13.5. The number of aryl methyl sites for hydroxylation is 1. The number of aromatic nitrogens is 1. The molecule has 182 valence electrons. The molecule has 0 spiro atoms. The number of hydrogen-bond donors (Lipinski definition) is 0. The third-order valence-electron chi connectivity index (χ3n) is 4.95. The van der Waals surface area contributed by atoms with Crippen LogP contribution in [-0.4, -0.2) is 59.9 Å². The summed E-state index contributed by atoms with van der Waals surface area (Å²) in [6.07, 6.45) is 0.599. The summed E-state index contributed by atoms with van der Waals surface area (Å²) in [5, 5.41) is 23.0. The van der Waals surface area contributed by atoms with Gasteiger partial charge < -0.3 is 9.64 Å². The number of nitro groups is 2. The van der Waals surface area contributed by atoms with E-state index in [-0.39, 0.29) is 24.5 Å². The van der Waals surface area contributed by atoms with E-state index in [4.69, 9.17) is 4.74 Å². The molecule has 0 saturated heterocycles. The number of nitro benzene ring substituents is 2. The van der Waals surface area contributed by atoms with E-state index < -0.39 is 27.1 Å². The van der Waals surface area contributed by atoms with Crippen molar-refractivity contribution in [2.45, 2.75) is 13.3 Å². The molecule has 0 saturated carbocycles. The molecule has 0 aliphatic heterocycles. The average molecular weight is 510 g/mol. The number of fused-ring (bicyclic) bond motifs is 1. The Labute approximate surface area is 205 Å². The van der Waals surface area contributed by atoms with Crippen LogP contribution < -0.4 is 9.64 Å². The minimum atomic E-state index is -0.758. The van der Waals surface area contributed by atoms with E-state index in [0.717, 1.165) is 28.5 Å². The van der Waals surface area contributed by atoms with Crippen molar-refractivity contribution in [2.75, 3.05) is 39.2 Å². The zero-order valence-corrected chi connectivity index (χ0v) is 20.6. The van der Waals surface area contributed by atoms with Crippen LogP contribution in [0.15, 0.2) is 30.3 Å². The van der Waals surface area contributed by atoms with E-state index in [9.17, 15) is 25.0 Å². The molecule has 0 aliphatic carbocycles. The summed E-state index contributed by atoms with van der Waals surface area (Å²) >= 11 is 1.30. The fourth-order valence-electron chi connectivity index (χ4n) is 3.29. The first-order valence-electron chi connectivity index (χ1n) is 9.97. The molecule has 0 bridgehead atoms. The van der Waals surface area contributed by atoms with Crippen molar-refractivity contribution in [2.24, 2.45) is 0 Å². The van der Waals surface area contributed by atoms with Crippen molar-refractivity contribution in [3.05, 3.63) is 61.7 Å². The van der Waals surface area contributed by atoms with Crippen LogP contribution in [0.4, 0.5) is 16.5 Å². The van der Waals surface area contributed by atoms with E-state index in [1.165, 1.54) is 23.3 Å². The van der Waals surface area contributed by atoms with Crippen LogP contribution in [-0.2, 0) is 0 Å². The molecule has 0 unspecified atom stereocenters. The number of hydrogen-bond acceptors (Lipinski definition) is 9. The zero-order chi connectivity index (χ0) is 24.3. The van der Waals surface area contributed by atoms with Gasteiger partial charge in [-0.15, -0.1) is 12.4 Å². The van der Waals surface area contributed by atoms with Crippen LogP contribution in [0.5, 0.6) is 5.75 Å². The lowest BCUT2D eigenvalue weighted by Crippen LogP contribution is -2.33. The second-order valence-corrected chi connectivity index (χ2v) is 8.60. The summed E-state index contributed by atoms with van der Waals surface area (Å²) in [4.78, 5) is 42.6. The number of amides is 1. The topological polar surface area (TPSA) is 132 Å². The molecule has 0 aliphatic rings. The minimum absolute atomic E-state index is 0. The number of anilines is 1. The van der Waals surface area contributed by atoms with Crippen molar-refractivity contribution in [1.82, 2.24) is 9.88 Å². The van der Waals surface area contributed by atoms with E-state index in [0.29, 0.717) is 29.4 Å². The molecule has 0 fully saturated rings. The normalized spacial score (nSPS) is 10.7. The zero-order valence-electron chi connectivity index (χ0n) is 19.0.